The summed E-state index contributed by atoms with van der Waals surface area (Å²) in [6, 6.07) is 10.1. The fraction of sp³-hybridized carbons (Fsp3) is 0.412. The molecule has 1 saturated heterocycles. The lowest BCUT2D eigenvalue weighted by Crippen LogP contribution is -2.37. The number of aromatic nitrogens is 1. The van der Waals surface area contributed by atoms with Crippen LogP contribution in [0.4, 0.5) is 10.8 Å². The minimum Gasteiger partial charge on any atom is -0.462 e. The van der Waals surface area contributed by atoms with Gasteiger partial charge < -0.3 is 19.7 Å². The number of carbonyl (C=O) groups excluding carboxylic acids is 1. The monoisotopic (exact) mass is 347 g/mol. The zero-order chi connectivity index (χ0) is 16.8. The number of hydrogen-bond acceptors (Lipinski definition) is 7. The molecule has 0 radical (unpaired) electrons. The van der Waals surface area contributed by atoms with E-state index in [1.165, 1.54) is 11.5 Å². The minimum absolute atomic E-state index is 0.330. The highest BCUT2D eigenvalue weighted by molar-refractivity contribution is 7.11. The molecule has 0 amide bonds. The summed E-state index contributed by atoms with van der Waals surface area (Å²) in [6.07, 6.45) is 0. The third kappa shape index (κ3) is 3.85. The van der Waals surface area contributed by atoms with E-state index in [0.29, 0.717) is 37.7 Å². The van der Waals surface area contributed by atoms with E-state index in [9.17, 15) is 4.79 Å². The number of nitrogens with zero attached hydrogens (tertiary/aromatic N) is 2. The molecule has 1 aliphatic rings. The Hall–Kier alpha value is -2.12. The third-order valence-electron chi connectivity index (χ3n) is 3.76. The first-order valence-electron chi connectivity index (χ1n) is 8.07. The molecule has 1 aliphatic heterocycles. The molecule has 6 nitrogen and oxygen atoms in total. The summed E-state index contributed by atoms with van der Waals surface area (Å²) in [5.74, 6) is 0.362. The van der Waals surface area contributed by atoms with Crippen molar-refractivity contribution in [2.45, 2.75) is 13.5 Å². The Labute approximate surface area is 145 Å². The summed E-state index contributed by atoms with van der Waals surface area (Å²) >= 11 is 1.30. The molecule has 24 heavy (non-hydrogen) atoms. The van der Waals surface area contributed by atoms with Crippen molar-refractivity contribution >= 4 is 28.3 Å². The molecular weight excluding hydrogens is 326 g/mol. The number of carbonyl (C=O) groups is 1. The molecular formula is C17H21N3O3S. The van der Waals surface area contributed by atoms with Crippen molar-refractivity contribution in [2.24, 2.45) is 0 Å². The third-order valence-corrected chi connectivity index (χ3v) is 4.56. The smallest absolute Gasteiger partial charge is 0.345 e. The molecule has 0 spiro atoms. The van der Waals surface area contributed by atoms with Crippen LogP contribution in [0.1, 0.15) is 22.8 Å². The quantitative estimate of drug-likeness (QED) is 0.811. The van der Waals surface area contributed by atoms with Crippen LogP contribution in [0.5, 0.6) is 0 Å². The number of anilines is 2. The van der Waals surface area contributed by atoms with Crippen LogP contribution in [0.25, 0.3) is 0 Å². The Morgan fingerprint density at radius 2 is 2.08 bits per heavy atom. The van der Waals surface area contributed by atoms with Gasteiger partial charge in [-0.15, -0.1) is 0 Å². The first-order valence-corrected chi connectivity index (χ1v) is 8.84. The maximum Gasteiger partial charge on any atom is 0.345 e. The summed E-state index contributed by atoms with van der Waals surface area (Å²) in [5, 5.41) is 4.07. The summed E-state index contributed by atoms with van der Waals surface area (Å²) in [6.45, 7) is 5.54. The van der Waals surface area contributed by atoms with Crippen LogP contribution in [0, 0.1) is 0 Å². The maximum atomic E-state index is 12.4. The van der Waals surface area contributed by atoms with E-state index in [-0.39, 0.29) is 5.97 Å². The molecule has 0 bridgehead atoms. The summed E-state index contributed by atoms with van der Waals surface area (Å²) in [4.78, 5) is 14.5. The normalized spacial score (nSPS) is 14.5. The van der Waals surface area contributed by atoms with E-state index >= 15 is 0 Å². The van der Waals surface area contributed by atoms with Gasteiger partial charge in [0.2, 0.25) is 0 Å². The van der Waals surface area contributed by atoms with Gasteiger partial charge in [-0.05, 0) is 24.0 Å². The predicted molar refractivity (Wildman–Crippen MR) is 94.9 cm³/mol. The maximum absolute atomic E-state index is 12.4. The van der Waals surface area contributed by atoms with Gasteiger partial charge in [0.1, 0.15) is 10.6 Å². The van der Waals surface area contributed by atoms with Crippen LogP contribution in [0.2, 0.25) is 0 Å². The van der Waals surface area contributed by atoms with Gasteiger partial charge in [0.25, 0.3) is 0 Å². The van der Waals surface area contributed by atoms with Gasteiger partial charge in [0, 0.05) is 19.6 Å². The molecule has 1 fully saturated rings. The fourth-order valence-corrected chi connectivity index (χ4v) is 3.35. The molecule has 1 aromatic heterocycles. The van der Waals surface area contributed by atoms with Crippen molar-refractivity contribution in [2.75, 3.05) is 43.1 Å². The van der Waals surface area contributed by atoms with Crippen LogP contribution in [-0.2, 0) is 16.0 Å². The van der Waals surface area contributed by atoms with Gasteiger partial charge >= 0.3 is 5.97 Å². The average molecular weight is 347 g/mol. The zero-order valence-electron chi connectivity index (χ0n) is 13.7. The molecule has 0 aliphatic carbocycles. The van der Waals surface area contributed by atoms with Crippen LogP contribution >= 0.6 is 11.5 Å². The SMILES string of the molecule is CCOC(=O)c1c(N2CCOCC2)nsc1NCc1ccccc1. The summed E-state index contributed by atoms with van der Waals surface area (Å²) < 4.78 is 15.1. The van der Waals surface area contributed by atoms with Gasteiger partial charge in [-0.1, -0.05) is 30.3 Å². The number of ether oxygens (including phenoxy) is 2. The van der Waals surface area contributed by atoms with E-state index < -0.39 is 0 Å². The fourth-order valence-electron chi connectivity index (χ4n) is 2.56. The first kappa shape index (κ1) is 16.7. The number of rotatable bonds is 6. The lowest BCUT2D eigenvalue weighted by atomic mass is 10.2. The highest BCUT2D eigenvalue weighted by Gasteiger charge is 2.27. The summed E-state index contributed by atoms with van der Waals surface area (Å²) in [5.41, 5.74) is 1.67. The second-order valence-electron chi connectivity index (χ2n) is 5.37. The van der Waals surface area contributed by atoms with Gasteiger partial charge in [-0.3, -0.25) is 0 Å². The largest absolute Gasteiger partial charge is 0.462 e. The van der Waals surface area contributed by atoms with Crippen molar-refractivity contribution < 1.29 is 14.3 Å². The highest BCUT2D eigenvalue weighted by Crippen LogP contribution is 2.33. The Balaban J connectivity index is 1.82. The van der Waals surface area contributed by atoms with Gasteiger partial charge in [-0.25, -0.2) is 4.79 Å². The van der Waals surface area contributed by atoms with Crippen LogP contribution < -0.4 is 10.2 Å². The number of nitrogens with one attached hydrogen (secondary N) is 1. The van der Waals surface area contributed by atoms with Crippen molar-refractivity contribution in [1.82, 2.24) is 4.37 Å². The van der Waals surface area contributed by atoms with Gasteiger partial charge in [-0.2, -0.15) is 4.37 Å². The molecule has 3 rings (SSSR count). The molecule has 128 valence electrons. The number of hydrogen-bond donors (Lipinski definition) is 1. The second-order valence-corrected chi connectivity index (χ2v) is 6.14. The molecule has 2 heterocycles. The molecule has 0 unspecified atom stereocenters. The molecule has 2 aromatic rings. The average Bonchev–Trinajstić information content (AvgIpc) is 3.06. The topological polar surface area (TPSA) is 63.7 Å². The Kier molecular flexibility index (Phi) is 5.66. The Morgan fingerprint density at radius 3 is 2.79 bits per heavy atom. The second kappa shape index (κ2) is 8.12. The van der Waals surface area contributed by atoms with E-state index in [2.05, 4.69) is 14.6 Å². The predicted octanol–water partition coefficient (Wildman–Crippen LogP) is 2.77. The Bertz CT molecular complexity index is 669. The molecule has 1 N–H and O–H groups in total. The molecule has 7 heteroatoms. The lowest BCUT2D eigenvalue weighted by molar-refractivity contribution is 0.0527. The summed E-state index contributed by atoms with van der Waals surface area (Å²) in [7, 11) is 0. The van der Waals surface area contributed by atoms with Crippen LogP contribution in [-0.4, -0.2) is 43.3 Å². The standard InChI is InChI=1S/C17H21N3O3S/c1-2-23-17(21)14-15(20-8-10-22-11-9-20)19-24-16(14)18-12-13-6-4-3-5-7-13/h3-7,18H,2,8-12H2,1H3. The van der Waals surface area contributed by atoms with Crippen molar-refractivity contribution in [3.63, 3.8) is 0 Å². The number of morpholine rings is 1. The molecule has 1 aromatic carbocycles. The molecule has 0 atom stereocenters. The minimum atomic E-state index is -0.330. The van der Waals surface area contributed by atoms with Crippen LogP contribution in [0.3, 0.4) is 0 Å². The van der Waals surface area contributed by atoms with E-state index in [4.69, 9.17) is 9.47 Å². The number of benzene rings is 1. The van der Waals surface area contributed by atoms with Crippen LogP contribution in [0.15, 0.2) is 30.3 Å². The van der Waals surface area contributed by atoms with E-state index in [1.807, 2.05) is 37.3 Å². The highest BCUT2D eigenvalue weighted by atomic mass is 32.1. The van der Waals surface area contributed by atoms with Gasteiger partial charge in [0.05, 0.1) is 19.8 Å². The number of esters is 1. The van der Waals surface area contributed by atoms with Crippen molar-refractivity contribution in [3.8, 4) is 0 Å². The van der Waals surface area contributed by atoms with E-state index in [0.717, 1.165) is 23.7 Å². The first-order chi connectivity index (χ1) is 11.8. The zero-order valence-corrected chi connectivity index (χ0v) is 14.5. The molecule has 0 saturated carbocycles. The van der Waals surface area contributed by atoms with E-state index in [1.54, 1.807) is 0 Å². The Morgan fingerprint density at radius 1 is 1.33 bits per heavy atom. The van der Waals surface area contributed by atoms with Crippen molar-refractivity contribution in [1.29, 1.82) is 0 Å². The van der Waals surface area contributed by atoms with Crippen molar-refractivity contribution in [3.05, 3.63) is 41.5 Å². The lowest BCUT2D eigenvalue weighted by Gasteiger charge is -2.27. The van der Waals surface area contributed by atoms with Gasteiger partial charge in [0.15, 0.2) is 5.82 Å².